The van der Waals surface area contributed by atoms with Crippen LogP contribution in [0.4, 0.5) is 0 Å². The first-order chi connectivity index (χ1) is 8.72. The second-order valence-corrected chi connectivity index (χ2v) is 5.86. The molecule has 0 bridgehead atoms. The first-order valence-corrected chi connectivity index (χ1v) is 7.68. The molecular formula is C14H18BrClO2. The molecule has 0 saturated heterocycles. The van der Waals surface area contributed by atoms with E-state index in [4.69, 9.17) is 21.1 Å². The van der Waals surface area contributed by atoms with Crippen LogP contribution in [0, 0.1) is 0 Å². The number of unbranched alkanes of at least 4 members (excludes halogenated alkanes) is 1. The Hall–Kier alpha value is -0.410. The van der Waals surface area contributed by atoms with Gasteiger partial charge in [0.15, 0.2) is 11.5 Å². The van der Waals surface area contributed by atoms with Crippen molar-refractivity contribution >= 4 is 27.5 Å². The van der Waals surface area contributed by atoms with E-state index in [-0.39, 0.29) is 5.38 Å². The van der Waals surface area contributed by atoms with E-state index in [9.17, 15) is 0 Å². The Labute approximate surface area is 122 Å². The highest BCUT2D eigenvalue weighted by atomic mass is 79.9. The molecule has 0 saturated carbocycles. The van der Waals surface area contributed by atoms with Gasteiger partial charge in [-0.1, -0.05) is 35.7 Å². The molecule has 1 aliphatic heterocycles. The Balaban J connectivity index is 2.23. The van der Waals surface area contributed by atoms with Gasteiger partial charge in [-0.2, -0.15) is 0 Å². The highest BCUT2D eigenvalue weighted by Gasteiger charge is 2.18. The standard InChI is InChI=1S/C14H18BrClO2/c1-2-3-5-12(16)10-8-13-14(9-11(10)15)18-7-4-6-17-13/h8-9,12H,2-7H2,1H3. The van der Waals surface area contributed by atoms with Gasteiger partial charge in [0.05, 0.1) is 18.6 Å². The summed E-state index contributed by atoms with van der Waals surface area (Å²) in [5, 5.41) is 0.0245. The normalized spacial score (nSPS) is 16.2. The summed E-state index contributed by atoms with van der Waals surface area (Å²) in [6, 6.07) is 3.98. The van der Waals surface area contributed by atoms with Gasteiger partial charge in [-0.3, -0.25) is 0 Å². The van der Waals surface area contributed by atoms with E-state index in [1.54, 1.807) is 0 Å². The summed E-state index contributed by atoms with van der Waals surface area (Å²) in [4.78, 5) is 0. The fourth-order valence-electron chi connectivity index (χ4n) is 1.98. The number of hydrogen-bond acceptors (Lipinski definition) is 2. The number of hydrogen-bond donors (Lipinski definition) is 0. The third-order valence-corrected chi connectivity index (χ3v) is 4.16. The molecule has 1 aromatic carbocycles. The van der Waals surface area contributed by atoms with Crippen LogP contribution in [-0.2, 0) is 0 Å². The van der Waals surface area contributed by atoms with Crippen LogP contribution in [-0.4, -0.2) is 13.2 Å². The van der Waals surface area contributed by atoms with E-state index in [1.807, 2.05) is 12.1 Å². The van der Waals surface area contributed by atoms with Crippen LogP contribution in [0.25, 0.3) is 0 Å². The van der Waals surface area contributed by atoms with E-state index in [0.29, 0.717) is 13.2 Å². The van der Waals surface area contributed by atoms with Gasteiger partial charge >= 0.3 is 0 Å². The molecule has 2 rings (SSSR count). The maximum atomic E-state index is 6.45. The molecule has 18 heavy (non-hydrogen) atoms. The van der Waals surface area contributed by atoms with Crippen LogP contribution in [0.3, 0.4) is 0 Å². The zero-order valence-corrected chi connectivity index (χ0v) is 12.9. The van der Waals surface area contributed by atoms with Crippen LogP contribution < -0.4 is 9.47 Å². The number of rotatable bonds is 4. The predicted molar refractivity (Wildman–Crippen MR) is 77.9 cm³/mol. The molecule has 0 radical (unpaired) electrons. The minimum atomic E-state index is 0.0245. The van der Waals surface area contributed by atoms with Gasteiger partial charge < -0.3 is 9.47 Å². The quantitative estimate of drug-likeness (QED) is 0.715. The molecule has 2 nitrogen and oxygen atoms in total. The molecule has 0 spiro atoms. The highest BCUT2D eigenvalue weighted by molar-refractivity contribution is 9.10. The van der Waals surface area contributed by atoms with Gasteiger partial charge in [0.25, 0.3) is 0 Å². The Morgan fingerprint density at radius 2 is 1.94 bits per heavy atom. The fraction of sp³-hybridized carbons (Fsp3) is 0.571. The van der Waals surface area contributed by atoms with Gasteiger partial charge in [-0.05, 0) is 24.1 Å². The SMILES string of the molecule is CCCCC(Cl)c1cc2c(cc1Br)OCCCO2. The Bertz CT molecular complexity index is 409. The molecule has 1 heterocycles. The number of fused-ring (bicyclic) bond motifs is 1. The smallest absolute Gasteiger partial charge is 0.162 e. The van der Waals surface area contributed by atoms with Crippen molar-refractivity contribution in [3.63, 3.8) is 0 Å². The summed E-state index contributed by atoms with van der Waals surface area (Å²) in [6.07, 6.45) is 4.19. The molecule has 4 heteroatoms. The van der Waals surface area contributed by atoms with E-state index < -0.39 is 0 Å². The van der Waals surface area contributed by atoms with Gasteiger partial charge in [0.1, 0.15) is 0 Å². The van der Waals surface area contributed by atoms with Crippen molar-refractivity contribution in [3.8, 4) is 11.5 Å². The van der Waals surface area contributed by atoms with E-state index in [0.717, 1.165) is 47.2 Å². The van der Waals surface area contributed by atoms with Crippen LogP contribution in [0.15, 0.2) is 16.6 Å². The van der Waals surface area contributed by atoms with Gasteiger partial charge in [-0.25, -0.2) is 0 Å². The molecular weight excluding hydrogens is 316 g/mol. The summed E-state index contributed by atoms with van der Waals surface area (Å²) in [7, 11) is 0. The average molecular weight is 334 g/mol. The summed E-state index contributed by atoms with van der Waals surface area (Å²) < 4.78 is 12.3. The molecule has 1 atom stereocenters. The third kappa shape index (κ3) is 3.33. The van der Waals surface area contributed by atoms with E-state index in [1.165, 1.54) is 0 Å². The maximum absolute atomic E-state index is 6.45. The van der Waals surface area contributed by atoms with Gasteiger partial charge in [0, 0.05) is 10.9 Å². The van der Waals surface area contributed by atoms with Crippen LogP contribution in [0.2, 0.25) is 0 Å². The van der Waals surface area contributed by atoms with Gasteiger partial charge in [-0.15, -0.1) is 11.6 Å². The molecule has 100 valence electrons. The van der Waals surface area contributed by atoms with E-state index >= 15 is 0 Å². The van der Waals surface area contributed by atoms with Crippen molar-refractivity contribution in [2.75, 3.05) is 13.2 Å². The largest absolute Gasteiger partial charge is 0.490 e. The lowest BCUT2D eigenvalue weighted by Gasteiger charge is -2.15. The van der Waals surface area contributed by atoms with Crippen molar-refractivity contribution in [3.05, 3.63) is 22.2 Å². The molecule has 1 unspecified atom stereocenters. The minimum absolute atomic E-state index is 0.0245. The lowest BCUT2D eigenvalue weighted by molar-refractivity contribution is 0.297. The molecule has 1 aliphatic rings. The monoisotopic (exact) mass is 332 g/mol. The molecule has 1 aromatic rings. The first kappa shape index (κ1) is 14.0. The van der Waals surface area contributed by atoms with Crippen molar-refractivity contribution in [2.24, 2.45) is 0 Å². The molecule has 0 aliphatic carbocycles. The van der Waals surface area contributed by atoms with Crippen molar-refractivity contribution in [1.29, 1.82) is 0 Å². The Morgan fingerprint density at radius 3 is 2.61 bits per heavy atom. The van der Waals surface area contributed by atoms with Crippen LogP contribution in [0.5, 0.6) is 11.5 Å². The lowest BCUT2D eigenvalue weighted by atomic mass is 10.1. The Kier molecular flexibility index (Phi) is 5.19. The van der Waals surface area contributed by atoms with Crippen LogP contribution >= 0.6 is 27.5 Å². The minimum Gasteiger partial charge on any atom is -0.490 e. The summed E-state index contributed by atoms with van der Waals surface area (Å²) >= 11 is 10.0. The number of ether oxygens (including phenoxy) is 2. The number of benzene rings is 1. The zero-order chi connectivity index (χ0) is 13.0. The summed E-state index contributed by atoms with van der Waals surface area (Å²) in [5.41, 5.74) is 1.09. The summed E-state index contributed by atoms with van der Waals surface area (Å²) in [6.45, 7) is 3.58. The lowest BCUT2D eigenvalue weighted by Crippen LogP contribution is -1.97. The fourth-order valence-corrected chi connectivity index (χ4v) is 3.04. The van der Waals surface area contributed by atoms with Crippen molar-refractivity contribution in [2.45, 2.75) is 38.0 Å². The average Bonchev–Trinajstić information content (AvgIpc) is 2.59. The second kappa shape index (κ2) is 6.67. The summed E-state index contributed by atoms with van der Waals surface area (Å²) in [5.74, 6) is 1.62. The first-order valence-electron chi connectivity index (χ1n) is 6.45. The number of halogens is 2. The van der Waals surface area contributed by atoms with Crippen molar-refractivity contribution < 1.29 is 9.47 Å². The predicted octanol–water partition coefficient (Wildman–Crippen LogP) is 5.08. The zero-order valence-electron chi connectivity index (χ0n) is 10.5. The maximum Gasteiger partial charge on any atom is 0.162 e. The van der Waals surface area contributed by atoms with Crippen molar-refractivity contribution in [1.82, 2.24) is 0 Å². The Morgan fingerprint density at radius 1 is 1.28 bits per heavy atom. The topological polar surface area (TPSA) is 18.5 Å². The van der Waals surface area contributed by atoms with Gasteiger partial charge in [0.2, 0.25) is 0 Å². The molecule has 0 aromatic heterocycles. The number of alkyl halides is 1. The molecule has 0 fully saturated rings. The molecule has 0 N–H and O–H groups in total. The third-order valence-electron chi connectivity index (χ3n) is 3.02. The van der Waals surface area contributed by atoms with Crippen LogP contribution in [0.1, 0.15) is 43.5 Å². The van der Waals surface area contributed by atoms with E-state index in [2.05, 4.69) is 22.9 Å². The second-order valence-electron chi connectivity index (χ2n) is 4.48. The molecule has 0 amide bonds. The highest BCUT2D eigenvalue weighted by Crippen LogP contribution is 2.40.